The van der Waals surface area contributed by atoms with Crippen molar-refractivity contribution in [3.05, 3.63) is 64.4 Å². The molecule has 0 radical (unpaired) electrons. The van der Waals surface area contributed by atoms with E-state index < -0.39 is 0 Å². The van der Waals surface area contributed by atoms with Crippen molar-refractivity contribution in [2.45, 2.75) is 13.5 Å². The first-order chi connectivity index (χ1) is 11.5. The van der Waals surface area contributed by atoms with Crippen molar-refractivity contribution in [1.29, 1.82) is 0 Å². The molecule has 0 fully saturated rings. The monoisotopic (exact) mass is 343 g/mol. The fourth-order valence-corrected chi connectivity index (χ4v) is 2.85. The predicted molar refractivity (Wildman–Crippen MR) is 94.8 cm³/mol. The summed E-state index contributed by atoms with van der Waals surface area (Å²) in [5, 5.41) is 1.42. The molecule has 24 heavy (non-hydrogen) atoms. The van der Waals surface area contributed by atoms with Crippen molar-refractivity contribution >= 4 is 28.5 Å². The van der Waals surface area contributed by atoms with Crippen LogP contribution in [0.4, 0.5) is 0 Å². The van der Waals surface area contributed by atoms with E-state index in [1.54, 1.807) is 43.3 Å². The van der Waals surface area contributed by atoms with Gasteiger partial charge in [-0.15, -0.1) is 0 Å². The van der Waals surface area contributed by atoms with Crippen LogP contribution < -0.4 is 4.74 Å². The molecule has 0 aliphatic rings. The molecule has 0 aliphatic carbocycles. The van der Waals surface area contributed by atoms with Crippen LogP contribution in [0.3, 0.4) is 0 Å². The fourth-order valence-electron chi connectivity index (χ4n) is 2.67. The van der Waals surface area contributed by atoms with E-state index in [2.05, 4.69) is 0 Å². The van der Waals surface area contributed by atoms with Gasteiger partial charge in [-0.3, -0.25) is 4.79 Å². The maximum atomic E-state index is 12.6. The number of carbonyl (C=O) groups excluding carboxylic acids is 1. The number of hydrogen-bond acceptors (Lipinski definition) is 3. The highest BCUT2D eigenvalue weighted by Crippen LogP contribution is 2.25. The summed E-state index contributed by atoms with van der Waals surface area (Å²) in [4.78, 5) is 14.3. The normalized spacial score (nSPS) is 10.8. The van der Waals surface area contributed by atoms with E-state index in [0.29, 0.717) is 22.9 Å². The van der Waals surface area contributed by atoms with Crippen molar-refractivity contribution in [2.75, 3.05) is 14.2 Å². The Morgan fingerprint density at radius 2 is 2.00 bits per heavy atom. The molecule has 1 heterocycles. The van der Waals surface area contributed by atoms with Gasteiger partial charge in [-0.2, -0.15) is 0 Å². The third-order valence-electron chi connectivity index (χ3n) is 3.88. The van der Waals surface area contributed by atoms with Crippen LogP contribution in [0.5, 0.6) is 5.75 Å². The van der Waals surface area contributed by atoms with Gasteiger partial charge in [0.15, 0.2) is 5.76 Å². The number of hydrogen-bond donors (Lipinski definition) is 0. The standard InChI is InChI=1S/C19H18ClNO3/c1-12-4-6-16(23-3)14(8-12)11-21(2)19(22)18-10-13-9-15(20)5-7-17(13)24-18/h4-10H,11H2,1-3H3. The summed E-state index contributed by atoms with van der Waals surface area (Å²) in [5.74, 6) is 0.865. The second-order valence-electron chi connectivity index (χ2n) is 5.77. The van der Waals surface area contributed by atoms with Crippen molar-refractivity contribution in [2.24, 2.45) is 0 Å². The molecule has 5 heteroatoms. The third-order valence-corrected chi connectivity index (χ3v) is 4.11. The van der Waals surface area contributed by atoms with E-state index in [4.69, 9.17) is 20.8 Å². The van der Waals surface area contributed by atoms with Crippen LogP contribution >= 0.6 is 11.6 Å². The zero-order valence-corrected chi connectivity index (χ0v) is 14.6. The summed E-state index contributed by atoms with van der Waals surface area (Å²) in [6.45, 7) is 2.44. The SMILES string of the molecule is COc1ccc(C)cc1CN(C)C(=O)c1cc2cc(Cl)ccc2o1. The van der Waals surface area contributed by atoms with Gasteiger partial charge in [0.25, 0.3) is 5.91 Å². The van der Waals surface area contributed by atoms with Crippen LogP contribution in [-0.4, -0.2) is 25.0 Å². The summed E-state index contributed by atoms with van der Waals surface area (Å²) in [7, 11) is 3.36. The first kappa shape index (κ1) is 16.4. The number of ether oxygens (including phenoxy) is 1. The van der Waals surface area contributed by atoms with E-state index in [1.807, 2.05) is 25.1 Å². The van der Waals surface area contributed by atoms with E-state index in [0.717, 1.165) is 22.3 Å². The molecular formula is C19H18ClNO3. The Morgan fingerprint density at radius 3 is 2.75 bits per heavy atom. The molecule has 0 bridgehead atoms. The van der Waals surface area contributed by atoms with Crippen molar-refractivity contribution < 1.29 is 13.9 Å². The maximum absolute atomic E-state index is 12.6. The van der Waals surface area contributed by atoms with Gasteiger partial charge >= 0.3 is 0 Å². The number of carbonyl (C=O) groups is 1. The van der Waals surface area contributed by atoms with Gasteiger partial charge in [0.2, 0.25) is 0 Å². The molecule has 2 aromatic carbocycles. The van der Waals surface area contributed by atoms with E-state index >= 15 is 0 Å². The molecule has 1 aromatic heterocycles. The van der Waals surface area contributed by atoms with Gasteiger partial charge in [-0.05, 0) is 37.3 Å². The highest BCUT2D eigenvalue weighted by Gasteiger charge is 2.18. The first-order valence-corrected chi connectivity index (χ1v) is 7.94. The number of aryl methyl sites for hydroxylation is 1. The molecule has 1 amide bonds. The molecule has 0 saturated carbocycles. The van der Waals surface area contributed by atoms with Crippen molar-refractivity contribution in [1.82, 2.24) is 4.90 Å². The average molecular weight is 344 g/mol. The molecule has 0 atom stereocenters. The lowest BCUT2D eigenvalue weighted by atomic mass is 10.1. The molecular weight excluding hydrogens is 326 g/mol. The summed E-state index contributed by atoms with van der Waals surface area (Å²) in [6.07, 6.45) is 0. The first-order valence-electron chi connectivity index (χ1n) is 7.56. The number of rotatable bonds is 4. The second-order valence-corrected chi connectivity index (χ2v) is 6.21. The Bertz CT molecular complexity index is 901. The van der Waals surface area contributed by atoms with Crippen LogP contribution in [0.15, 0.2) is 46.9 Å². The van der Waals surface area contributed by atoms with Gasteiger partial charge in [-0.25, -0.2) is 0 Å². The lowest BCUT2D eigenvalue weighted by Gasteiger charge is -2.18. The van der Waals surface area contributed by atoms with Crippen molar-refractivity contribution in [3.63, 3.8) is 0 Å². The quantitative estimate of drug-likeness (QED) is 0.691. The van der Waals surface area contributed by atoms with Crippen LogP contribution in [0, 0.1) is 6.92 Å². The van der Waals surface area contributed by atoms with Crippen molar-refractivity contribution in [3.8, 4) is 5.75 Å². The maximum Gasteiger partial charge on any atom is 0.289 e. The van der Waals surface area contributed by atoms with Gasteiger partial charge < -0.3 is 14.1 Å². The summed E-state index contributed by atoms with van der Waals surface area (Å²) >= 11 is 5.97. The van der Waals surface area contributed by atoms with Crippen LogP contribution in [-0.2, 0) is 6.54 Å². The zero-order chi connectivity index (χ0) is 17.3. The Balaban J connectivity index is 1.85. The fraction of sp³-hybridized carbons (Fsp3) is 0.211. The van der Waals surface area contributed by atoms with Gasteiger partial charge in [0, 0.05) is 29.6 Å². The topological polar surface area (TPSA) is 42.7 Å². The number of methoxy groups -OCH3 is 1. The minimum Gasteiger partial charge on any atom is -0.496 e. The van der Waals surface area contributed by atoms with Gasteiger partial charge in [0.05, 0.1) is 7.11 Å². The molecule has 0 spiro atoms. The van der Waals surface area contributed by atoms with Gasteiger partial charge in [-0.1, -0.05) is 29.3 Å². The summed E-state index contributed by atoms with van der Waals surface area (Å²) < 4.78 is 11.0. The third kappa shape index (κ3) is 3.24. The molecule has 3 aromatic rings. The summed E-state index contributed by atoms with van der Waals surface area (Å²) in [5.41, 5.74) is 2.71. The highest BCUT2D eigenvalue weighted by atomic mass is 35.5. The summed E-state index contributed by atoms with van der Waals surface area (Å²) in [6, 6.07) is 12.9. The Morgan fingerprint density at radius 1 is 1.21 bits per heavy atom. The minimum atomic E-state index is -0.189. The Labute approximate surface area is 145 Å². The molecule has 0 saturated heterocycles. The zero-order valence-electron chi connectivity index (χ0n) is 13.8. The lowest BCUT2D eigenvalue weighted by molar-refractivity contribution is 0.0755. The highest BCUT2D eigenvalue weighted by molar-refractivity contribution is 6.31. The van der Waals surface area contributed by atoms with E-state index in [1.165, 1.54) is 0 Å². The minimum absolute atomic E-state index is 0.189. The van der Waals surface area contributed by atoms with Gasteiger partial charge in [0.1, 0.15) is 11.3 Å². The lowest BCUT2D eigenvalue weighted by Crippen LogP contribution is -2.26. The number of nitrogens with zero attached hydrogens (tertiary/aromatic N) is 1. The van der Waals surface area contributed by atoms with E-state index in [9.17, 15) is 4.79 Å². The molecule has 4 nitrogen and oxygen atoms in total. The number of halogens is 1. The number of furan rings is 1. The second kappa shape index (κ2) is 6.57. The Hall–Kier alpha value is -2.46. The predicted octanol–water partition coefficient (Wildman–Crippen LogP) is 4.68. The van der Waals surface area contributed by atoms with Crippen LogP contribution in [0.25, 0.3) is 11.0 Å². The Kier molecular flexibility index (Phi) is 4.49. The number of fused-ring (bicyclic) bond motifs is 1. The smallest absolute Gasteiger partial charge is 0.289 e. The number of amides is 1. The van der Waals surface area contributed by atoms with Crippen LogP contribution in [0.2, 0.25) is 5.02 Å². The molecule has 0 N–H and O–H groups in total. The molecule has 3 rings (SSSR count). The van der Waals surface area contributed by atoms with E-state index in [-0.39, 0.29) is 5.91 Å². The molecule has 0 unspecified atom stereocenters. The average Bonchev–Trinajstić information content (AvgIpc) is 2.97. The molecule has 124 valence electrons. The molecule has 0 aliphatic heterocycles. The number of benzene rings is 2. The van der Waals surface area contributed by atoms with Crippen LogP contribution in [0.1, 0.15) is 21.7 Å². The largest absolute Gasteiger partial charge is 0.496 e.